The number of likely N-dealkylation sites (tertiary alicyclic amines) is 1. The van der Waals surface area contributed by atoms with Gasteiger partial charge in [0.15, 0.2) is 0 Å². The van der Waals surface area contributed by atoms with E-state index in [9.17, 15) is 28.4 Å². The zero-order valence-electron chi connectivity index (χ0n) is 25.9. The number of urea groups is 1. The maximum atomic E-state index is 13.9. The number of piperidine rings is 1. The number of carbonyl (C=O) groups is 5. The highest BCUT2D eigenvalue weighted by Gasteiger charge is 2.58. The van der Waals surface area contributed by atoms with Crippen LogP contribution in [-0.4, -0.2) is 83.1 Å². The molecule has 0 saturated carbocycles. The van der Waals surface area contributed by atoms with Crippen LogP contribution < -0.4 is 10.6 Å². The monoisotopic (exact) mass is 623 g/mol. The summed E-state index contributed by atoms with van der Waals surface area (Å²) in [4.78, 5) is 69.2. The first kappa shape index (κ1) is 31.7. The fourth-order valence-electron chi connectivity index (χ4n) is 6.04. The van der Waals surface area contributed by atoms with Gasteiger partial charge in [-0.2, -0.15) is 0 Å². The zero-order valence-corrected chi connectivity index (χ0v) is 25.9. The van der Waals surface area contributed by atoms with Gasteiger partial charge in [-0.05, 0) is 75.4 Å². The van der Waals surface area contributed by atoms with E-state index in [0.717, 1.165) is 10.5 Å². The minimum Gasteiger partial charge on any atom is -0.444 e. The molecule has 2 aliphatic heterocycles. The predicted octanol–water partition coefficient (Wildman–Crippen LogP) is 4.13. The molecule has 0 aromatic heterocycles. The largest absolute Gasteiger partial charge is 0.444 e. The van der Waals surface area contributed by atoms with Gasteiger partial charge in [-0.1, -0.05) is 18.2 Å². The molecule has 6 amide bonds. The van der Waals surface area contributed by atoms with Crippen LogP contribution >= 0.6 is 0 Å². The highest BCUT2D eigenvalue weighted by Crippen LogP contribution is 2.46. The Hall–Kier alpha value is -4.68. The van der Waals surface area contributed by atoms with Crippen molar-refractivity contribution in [3.05, 3.63) is 65.0 Å². The summed E-state index contributed by atoms with van der Waals surface area (Å²) in [6.45, 7) is 5.69. The van der Waals surface area contributed by atoms with Gasteiger partial charge in [0.1, 0.15) is 18.0 Å². The molecule has 1 aliphatic carbocycles. The highest BCUT2D eigenvalue weighted by atomic mass is 19.1. The number of anilines is 1. The van der Waals surface area contributed by atoms with Crippen LogP contribution in [0.2, 0.25) is 0 Å². The summed E-state index contributed by atoms with van der Waals surface area (Å²) in [7, 11) is 1.50. The lowest BCUT2D eigenvalue weighted by Gasteiger charge is -2.39. The molecule has 45 heavy (non-hydrogen) atoms. The summed E-state index contributed by atoms with van der Waals surface area (Å²) in [5.41, 5.74) is 0.305. The second-order valence-corrected chi connectivity index (χ2v) is 12.5. The number of benzene rings is 2. The van der Waals surface area contributed by atoms with E-state index in [2.05, 4.69) is 10.6 Å². The van der Waals surface area contributed by atoms with Gasteiger partial charge in [0.2, 0.25) is 11.5 Å². The first-order chi connectivity index (χ1) is 21.3. The number of amides is 6. The third kappa shape index (κ3) is 6.71. The number of aryl methyl sites for hydroxylation is 1. The molecule has 0 bridgehead atoms. The minimum atomic E-state index is -1.54. The highest BCUT2D eigenvalue weighted by molar-refractivity contribution is 6.06. The Labute approximate surface area is 260 Å². The normalized spacial score (nSPS) is 19.8. The number of fused-ring (bicyclic) bond motifs is 2. The molecule has 0 unspecified atom stereocenters. The second-order valence-electron chi connectivity index (χ2n) is 12.5. The van der Waals surface area contributed by atoms with Crippen molar-refractivity contribution < 1.29 is 37.8 Å². The summed E-state index contributed by atoms with van der Waals surface area (Å²) in [5, 5.41) is 5.16. The van der Waals surface area contributed by atoms with E-state index in [1.165, 1.54) is 19.2 Å². The first-order valence-electron chi connectivity index (χ1n) is 15.0. The van der Waals surface area contributed by atoms with Crippen molar-refractivity contribution in [2.45, 2.75) is 70.2 Å². The molecule has 1 atom stereocenters. The van der Waals surface area contributed by atoms with Gasteiger partial charge in [0.05, 0.1) is 0 Å². The zero-order chi connectivity index (χ0) is 32.5. The third-order valence-electron chi connectivity index (χ3n) is 8.28. The lowest BCUT2D eigenvalue weighted by Crippen LogP contribution is -2.52. The van der Waals surface area contributed by atoms with Crippen LogP contribution in [0, 0.1) is 5.82 Å². The summed E-state index contributed by atoms with van der Waals surface area (Å²) >= 11 is 0. The van der Waals surface area contributed by atoms with E-state index in [1.807, 2.05) is 0 Å². The molecular formula is C32H38FN5O7. The molecule has 2 heterocycles. The average molecular weight is 624 g/mol. The fourth-order valence-corrected chi connectivity index (χ4v) is 6.04. The molecule has 2 aromatic carbocycles. The molecule has 2 aromatic rings. The maximum Gasteiger partial charge on any atom is 0.418 e. The molecular weight excluding hydrogens is 585 g/mol. The van der Waals surface area contributed by atoms with Crippen LogP contribution in [0.1, 0.15) is 56.7 Å². The van der Waals surface area contributed by atoms with Crippen molar-refractivity contribution >= 4 is 35.7 Å². The maximum absolute atomic E-state index is 13.9. The minimum absolute atomic E-state index is 0.127. The Balaban J connectivity index is 1.32. The first-order valence-corrected chi connectivity index (χ1v) is 15.0. The molecule has 1 spiro atoms. The van der Waals surface area contributed by atoms with Crippen LogP contribution in [0.3, 0.4) is 0 Å². The summed E-state index contributed by atoms with van der Waals surface area (Å²) in [5.74, 6) is -1.50. The standard InChI is InChI=1S/C32H38FN5O7/c1-31(2,3)44-29(42)36-15-12-24(13-16-36)37(18-20-5-7-22(33)8-6-20)26(39)19-38-27(40)32(45-30(38)43)14-11-21-17-23(9-10-25(21)32)35-28(41)34-4/h5-10,17,24H,11-16,18-19H2,1-4H3,(H2,34,35,41)/t32-/m1/s1. The molecule has 13 heteroatoms. The van der Waals surface area contributed by atoms with E-state index < -0.39 is 53.6 Å². The summed E-state index contributed by atoms with van der Waals surface area (Å²) < 4.78 is 24.8. The van der Waals surface area contributed by atoms with Gasteiger partial charge in [-0.15, -0.1) is 0 Å². The van der Waals surface area contributed by atoms with Crippen LogP contribution in [0.15, 0.2) is 42.5 Å². The van der Waals surface area contributed by atoms with Crippen LogP contribution in [0.5, 0.6) is 0 Å². The van der Waals surface area contributed by atoms with Crippen molar-refractivity contribution in [3.8, 4) is 0 Å². The number of hydrogen-bond donors (Lipinski definition) is 2. The van der Waals surface area contributed by atoms with Crippen molar-refractivity contribution in [1.82, 2.24) is 20.0 Å². The number of imide groups is 1. The van der Waals surface area contributed by atoms with E-state index >= 15 is 0 Å². The van der Waals surface area contributed by atoms with Crippen molar-refractivity contribution in [2.24, 2.45) is 0 Å². The number of hydrogen-bond acceptors (Lipinski definition) is 7. The Morgan fingerprint density at radius 2 is 1.78 bits per heavy atom. The molecule has 5 rings (SSSR count). The number of carbonyl (C=O) groups excluding carboxylic acids is 5. The van der Waals surface area contributed by atoms with Crippen molar-refractivity contribution in [3.63, 3.8) is 0 Å². The van der Waals surface area contributed by atoms with E-state index in [-0.39, 0.29) is 19.0 Å². The van der Waals surface area contributed by atoms with E-state index in [1.54, 1.807) is 60.9 Å². The van der Waals surface area contributed by atoms with Crippen LogP contribution in [0.25, 0.3) is 0 Å². The SMILES string of the molecule is CNC(=O)Nc1ccc2c(c1)CC[C@@]21OC(=O)N(CC(=O)N(Cc2ccc(F)cc2)C2CCN(C(=O)OC(C)(C)C)CC2)C1=O. The van der Waals surface area contributed by atoms with Crippen LogP contribution in [-0.2, 0) is 37.6 Å². The Kier molecular flexibility index (Phi) is 8.72. The van der Waals surface area contributed by atoms with E-state index in [0.29, 0.717) is 49.2 Å². The van der Waals surface area contributed by atoms with Gasteiger partial charge in [-0.3, -0.25) is 9.59 Å². The lowest BCUT2D eigenvalue weighted by atomic mass is 9.94. The molecule has 0 radical (unpaired) electrons. The molecule has 240 valence electrons. The van der Waals surface area contributed by atoms with Gasteiger partial charge >= 0.3 is 18.2 Å². The number of rotatable bonds is 6. The number of nitrogens with zero attached hydrogens (tertiary/aromatic N) is 3. The predicted molar refractivity (Wildman–Crippen MR) is 160 cm³/mol. The smallest absolute Gasteiger partial charge is 0.418 e. The fraction of sp³-hybridized carbons (Fsp3) is 0.469. The Morgan fingerprint density at radius 1 is 1.09 bits per heavy atom. The summed E-state index contributed by atoms with van der Waals surface area (Å²) in [6.07, 6.45) is 0.218. The Morgan fingerprint density at radius 3 is 2.42 bits per heavy atom. The Bertz CT molecular complexity index is 1500. The van der Waals surface area contributed by atoms with Crippen molar-refractivity contribution in [2.75, 3.05) is 32.0 Å². The molecule has 2 N–H and O–H groups in total. The third-order valence-corrected chi connectivity index (χ3v) is 8.28. The van der Waals surface area contributed by atoms with Gasteiger partial charge in [0, 0.05) is 50.4 Å². The van der Waals surface area contributed by atoms with Crippen LogP contribution in [0.4, 0.5) is 24.5 Å². The number of ether oxygens (including phenoxy) is 2. The molecule has 2 fully saturated rings. The molecule has 2 saturated heterocycles. The number of nitrogens with one attached hydrogen (secondary N) is 2. The quantitative estimate of drug-likeness (QED) is 0.494. The van der Waals surface area contributed by atoms with Crippen molar-refractivity contribution in [1.29, 1.82) is 0 Å². The average Bonchev–Trinajstić information content (AvgIpc) is 3.47. The summed E-state index contributed by atoms with van der Waals surface area (Å²) in [6, 6.07) is 10.1. The molecule has 3 aliphatic rings. The van der Waals surface area contributed by atoms with Gasteiger partial charge in [-0.25, -0.2) is 23.7 Å². The van der Waals surface area contributed by atoms with Gasteiger partial charge < -0.3 is 29.9 Å². The second kappa shape index (κ2) is 12.4. The topological polar surface area (TPSA) is 138 Å². The molecule has 12 nitrogen and oxygen atoms in total. The lowest BCUT2D eigenvalue weighted by molar-refractivity contribution is -0.143. The van der Waals surface area contributed by atoms with Gasteiger partial charge in [0.25, 0.3) is 5.91 Å². The number of halogens is 1. The van der Waals surface area contributed by atoms with E-state index in [4.69, 9.17) is 9.47 Å².